The summed E-state index contributed by atoms with van der Waals surface area (Å²) < 4.78 is 5.01. The van der Waals surface area contributed by atoms with Crippen molar-refractivity contribution in [1.29, 1.82) is 0 Å². The first-order chi connectivity index (χ1) is 8.31. The van der Waals surface area contributed by atoms with Crippen molar-refractivity contribution >= 4 is 5.91 Å². The highest BCUT2D eigenvalue weighted by Gasteiger charge is 2.12. The van der Waals surface area contributed by atoms with Gasteiger partial charge in [0.05, 0.1) is 13.7 Å². The van der Waals surface area contributed by atoms with E-state index < -0.39 is 0 Å². The van der Waals surface area contributed by atoms with Gasteiger partial charge in [0.1, 0.15) is 11.4 Å². The number of H-pyrrole nitrogens is 1. The lowest BCUT2D eigenvalue weighted by Crippen LogP contribution is -2.24. The number of nitrogens with zero attached hydrogens (tertiary/aromatic N) is 2. The summed E-state index contributed by atoms with van der Waals surface area (Å²) in [5.74, 6) is 0.761. The van der Waals surface area contributed by atoms with Gasteiger partial charge in [-0.05, 0) is 12.1 Å². The van der Waals surface area contributed by atoms with Crippen molar-refractivity contribution in [2.75, 3.05) is 7.11 Å². The number of aromatic nitrogens is 3. The maximum absolute atomic E-state index is 11.8. The number of nitrogens with one attached hydrogen (secondary N) is 2. The minimum atomic E-state index is -0.244. The molecule has 0 saturated carbocycles. The number of methoxy groups -OCH3 is 1. The van der Waals surface area contributed by atoms with E-state index in [9.17, 15) is 4.79 Å². The molecule has 0 aromatic carbocycles. The Morgan fingerprint density at radius 3 is 3.06 bits per heavy atom. The molecule has 0 aliphatic heterocycles. The van der Waals surface area contributed by atoms with E-state index in [1.807, 2.05) is 0 Å². The first-order valence-electron chi connectivity index (χ1n) is 5.06. The lowest BCUT2D eigenvalue weighted by molar-refractivity contribution is 0.0946. The zero-order chi connectivity index (χ0) is 12.1. The number of amides is 1. The molecule has 0 spiro atoms. The van der Waals surface area contributed by atoms with Gasteiger partial charge in [-0.3, -0.25) is 4.79 Å². The molecular formula is C11H12N4O2. The van der Waals surface area contributed by atoms with Crippen LogP contribution in [0.1, 0.15) is 16.2 Å². The molecule has 0 aliphatic carbocycles. The van der Waals surface area contributed by atoms with Crippen LogP contribution < -0.4 is 10.1 Å². The van der Waals surface area contributed by atoms with Crippen molar-refractivity contribution in [3.05, 3.63) is 42.1 Å². The van der Waals surface area contributed by atoms with Gasteiger partial charge in [0, 0.05) is 18.6 Å². The molecule has 6 heteroatoms. The van der Waals surface area contributed by atoms with E-state index in [0.717, 1.165) is 0 Å². The molecule has 2 heterocycles. The van der Waals surface area contributed by atoms with E-state index >= 15 is 0 Å². The number of pyridine rings is 1. The summed E-state index contributed by atoms with van der Waals surface area (Å²) in [4.78, 5) is 22.7. The maximum atomic E-state index is 11.8. The van der Waals surface area contributed by atoms with Crippen molar-refractivity contribution in [2.45, 2.75) is 6.54 Å². The van der Waals surface area contributed by atoms with E-state index in [1.54, 1.807) is 30.7 Å². The highest BCUT2D eigenvalue weighted by molar-refractivity contribution is 5.96. The molecule has 2 N–H and O–H groups in total. The summed E-state index contributed by atoms with van der Waals surface area (Å²) in [6.45, 7) is 0.337. The third kappa shape index (κ3) is 2.60. The zero-order valence-electron chi connectivity index (χ0n) is 9.30. The quantitative estimate of drug-likeness (QED) is 0.815. The Bertz CT molecular complexity index is 496. The van der Waals surface area contributed by atoms with Crippen molar-refractivity contribution in [3.8, 4) is 5.88 Å². The van der Waals surface area contributed by atoms with Crippen LogP contribution in [0.4, 0.5) is 0 Å². The molecule has 1 amide bonds. The third-order valence-electron chi connectivity index (χ3n) is 2.18. The normalized spacial score (nSPS) is 9.94. The minimum Gasteiger partial charge on any atom is -0.480 e. The third-order valence-corrected chi connectivity index (χ3v) is 2.18. The predicted molar refractivity (Wildman–Crippen MR) is 60.5 cm³/mol. The van der Waals surface area contributed by atoms with Crippen LogP contribution in [0.15, 0.2) is 30.7 Å². The van der Waals surface area contributed by atoms with Crippen LogP contribution in [0.2, 0.25) is 0 Å². The minimum absolute atomic E-state index is 0.244. The molecule has 2 aromatic heterocycles. The molecule has 0 aliphatic rings. The molecule has 0 bridgehead atoms. The average Bonchev–Trinajstić information content (AvgIpc) is 2.89. The number of carbonyl (C=O) groups excluding carboxylic acids is 1. The summed E-state index contributed by atoms with van der Waals surface area (Å²) >= 11 is 0. The van der Waals surface area contributed by atoms with Crippen LogP contribution in [0.25, 0.3) is 0 Å². The highest BCUT2D eigenvalue weighted by Crippen LogP contribution is 2.12. The first-order valence-corrected chi connectivity index (χ1v) is 5.06. The Kier molecular flexibility index (Phi) is 3.34. The average molecular weight is 232 g/mol. The topological polar surface area (TPSA) is 79.9 Å². The van der Waals surface area contributed by atoms with Crippen LogP contribution in [-0.4, -0.2) is 28.0 Å². The Labute approximate surface area is 98.1 Å². The van der Waals surface area contributed by atoms with Gasteiger partial charge in [0.2, 0.25) is 5.88 Å². The Balaban J connectivity index is 2.04. The smallest absolute Gasteiger partial charge is 0.257 e. The second-order valence-corrected chi connectivity index (χ2v) is 3.28. The summed E-state index contributed by atoms with van der Waals surface area (Å²) in [7, 11) is 1.48. The fourth-order valence-electron chi connectivity index (χ4n) is 1.38. The lowest BCUT2D eigenvalue weighted by Gasteiger charge is -2.06. The molecule has 0 atom stereocenters. The van der Waals surface area contributed by atoms with Gasteiger partial charge in [-0.15, -0.1) is 0 Å². The summed E-state index contributed by atoms with van der Waals surface area (Å²) in [6, 6.07) is 3.34. The number of aromatic amines is 1. The summed E-state index contributed by atoms with van der Waals surface area (Å²) in [5, 5.41) is 2.72. The molecule has 17 heavy (non-hydrogen) atoms. The van der Waals surface area contributed by atoms with Gasteiger partial charge in [0.15, 0.2) is 0 Å². The fraction of sp³-hybridized carbons (Fsp3) is 0.182. The largest absolute Gasteiger partial charge is 0.480 e. The Hall–Kier alpha value is -2.37. The van der Waals surface area contributed by atoms with Gasteiger partial charge in [-0.25, -0.2) is 9.97 Å². The van der Waals surface area contributed by atoms with Crippen LogP contribution >= 0.6 is 0 Å². The van der Waals surface area contributed by atoms with Crippen LogP contribution in [0.5, 0.6) is 5.88 Å². The maximum Gasteiger partial charge on any atom is 0.257 e. The van der Waals surface area contributed by atoms with E-state index in [-0.39, 0.29) is 5.91 Å². The number of carbonyl (C=O) groups is 1. The van der Waals surface area contributed by atoms with Gasteiger partial charge in [-0.2, -0.15) is 0 Å². The van der Waals surface area contributed by atoms with E-state index in [4.69, 9.17) is 4.74 Å². The standard InChI is InChI=1S/C11H12N4O2/c1-17-11-8(3-2-4-14-11)10(16)15-7-9-12-5-6-13-9/h2-6H,7H2,1H3,(H,12,13)(H,15,16). The SMILES string of the molecule is COc1ncccc1C(=O)NCc1ncc[nH]1. The van der Waals surface area contributed by atoms with Crippen molar-refractivity contribution < 1.29 is 9.53 Å². The second-order valence-electron chi connectivity index (χ2n) is 3.28. The van der Waals surface area contributed by atoms with Gasteiger partial charge < -0.3 is 15.0 Å². The number of imidazole rings is 1. The molecule has 2 aromatic rings. The molecule has 0 radical (unpaired) electrons. The van der Waals surface area contributed by atoms with Gasteiger partial charge >= 0.3 is 0 Å². The number of ether oxygens (including phenoxy) is 1. The van der Waals surface area contributed by atoms with Crippen LogP contribution in [0.3, 0.4) is 0 Å². The van der Waals surface area contributed by atoms with E-state index in [0.29, 0.717) is 23.8 Å². The molecule has 0 unspecified atom stereocenters. The van der Waals surface area contributed by atoms with E-state index in [1.165, 1.54) is 7.11 Å². The number of hydrogen-bond donors (Lipinski definition) is 2. The summed E-state index contributed by atoms with van der Waals surface area (Å²) in [5.41, 5.74) is 0.404. The molecule has 88 valence electrons. The lowest BCUT2D eigenvalue weighted by atomic mass is 10.2. The number of hydrogen-bond acceptors (Lipinski definition) is 4. The zero-order valence-corrected chi connectivity index (χ0v) is 9.30. The van der Waals surface area contributed by atoms with Crippen LogP contribution in [0, 0.1) is 0 Å². The highest BCUT2D eigenvalue weighted by atomic mass is 16.5. The fourth-order valence-corrected chi connectivity index (χ4v) is 1.38. The molecular weight excluding hydrogens is 220 g/mol. The van der Waals surface area contributed by atoms with Crippen molar-refractivity contribution in [2.24, 2.45) is 0 Å². The first kappa shape index (κ1) is 11.1. The predicted octanol–water partition coefficient (Wildman–Crippen LogP) is 0.743. The summed E-state index contributed by atoms with van der Waals surface area (Å²) in [6.07, 6.45) is 4.90. The molecule has 2 rings (SSSR count). The van der Waals surface area contributed by atoms with Gasteiger partial charge in [-0.1, -0.05) is 0 Å². The molecule has 6 nitrogen and oxygen atoms in total. The second kappa shape index (κ2) is 5.11. The van der Waals surface area contributed by atoms with E-state index in [2.05, 4.69) is 20.3 Å². The van der Waals surface area contributed by atoms with Crippen LogP contribution in [-0.2, 0) is 6.54 Å². The van der Waals surface area contributed by atoms with Gasteiger partial charge in [0.25, 0.3) is 5.91 Å². The Morgan fingerprint density at radius 1 is 1.47 bits per heavy atom. The van der Waals surface area contributed by atoms with Crippen molar-refractivity contribution in [1.82, 2.24) is 20.3 Å². The monoisotopic (exact) mass is 232 g/mol. The molecule has 0 fully saturated rings. The number of rotatable bonds is 4. The Morgan fingerprint density at radius 2 is 2.35 bits per heavy atom. The van der Waals surface area contributed by atoms with Crippen molar-refractivity contribution in [3.63, 3.8) is 0 Å². The molecule has 0 saturated heterocycles.